The number of hydrogen-bond donors (Lipinski definition) is 0. The first kappa shape index (κ1) is 7.55. The molecule has 0 N–H and O–H groups in total. The molecule has 0 atom stereocenters. The monoisotopic (exact) mass is 182 g/mol. The van der Waals surface area contributed by atoms with E-state index in [0.29, 0.717) is 10.6 Å². The molecular weight excluding hydrogens is 176 g/mol. The number of fused-ring (bicyclic) bond motifs is 1. The van der Waals surface area contributed by atoms with Gasteiger partial charge >= 0.3 is 0 Å². The maximum Gasteiger partial charge on any atom is 0.204 e. The van der Waals surface area contributed by atoms with E-state index in [9.17, 15) is 0 Å². The highest BCUT2D eigenvalue weighted by Gasteiger charge is 2.09. The lowest BCUT2D eigenvalue weighted by Gasteiger charge is -1.93. The van der Waals surface area contributed by atoms with Gasteiger partial charge in [-0.3, -0.25) is 0 Å². The maximum absolute atomic E-state index is 5.90. The van der Waals surface area contributed by atoms with Gasteiger partial charge in [-0.1, -0.05) is 16.8 Å². The number of aromatic nitrogens is 2. The number of nitrogens with zero attached hydrogens (tertiary/aromatic N) is 2. The van der Waals surface area contributed by atoms with Gasteiger partial charge in [-0.15, -0.1) is 0 Å². The van der Waals surface area contributed by atoms with Gasteiger partial charge in [0.1, 0.15) is 11.2 Å². The van der Waals surface area contributed by atoms with Crippen molar-refractivity contribution in [2.24, 2.45) is 0 Å². The van der Waals surface area contributed by atoms with E-state index in [-0.39, 0.29) is 0 Å². The van der Waals surface area contributed by atoms with E-state index in [0.717, 1.165) is 16.9 Å². The van der Waals surface area contributed by atoms with Crippen LogP contribution < -0.4 is 0 Å². The van der Waals surface area contributed by atoms with Crippen molar-refractivity contribution >= 4 is 22.7 Å². The molecule has 2 heterocycles. The molecule has 0 aliphatic rings. The van der Waals surface area contributed by atoms with Crippen LogP contribution in [0.2, 0.25) is 5.02 Å². The average Bonchev–Trinajstić information content (AvgIpc) is 2.33. The second-order valence-corrected chi connectivity index (χ2v) is 3.10. The normalized spacial score (nSPS) is 10.9. The Bertz CT molecular complexity index is 436. The van der Waals surface area contributed by atoms with Crippen molar-refractivity contribution < 1.29 is 4.52 Å². The molecule has 0 saturated carbocycles. The van der Waals surface area contributed by atoms with Gasteiger partial charge in [-0.2, -0.15) is 0 Å². The Morgan fingerprint density at radius 2 is 2.17 bits per heavy atom. The molecule has 0 aliphatic heterocycles. The molecule has 0 radical (unpaired) electrons. The van der Waals surface area contributed by atoms with E-state index in [1.165, 1.54) is 0 Å². The highest BCUT2D eigenvalue weighted by atomic mass is 35.5. The van der Waals surface area contributed by atoms with E-state index in [1.807, 2.05) is 13.8 Å². The van der Waals surface area contributed by atoms with E-state index in [2.05, 4.69) is 10.1 Å². The Kier molecular flexibility index (Phi) is 1.54. The molecule has 12 heavy (non-hydrogen) atoms. The van der Waals surface area contributed by atoms with Crippen LogP contribution in [0.5, 0.6) is 0 Å². The molecule has 3 nitrogen and oxygen atoms in total. The molecule has 0 aromatic carbocycles. The number of aryl methyl sites for hydroxylation is 2. The van der Waals surface area contributed by atoms with E-state index >= 15 is 0 Å². The van der Waals surface area contributed by atoms with E-state index in [1.54, 1.807) is 6.07 Å². The fourth-order valence-corrected chi connectivity index (χ4v) is 1.39. The molecule has 2 aromatic rings. The highest BCUT2D eigenvalue weighted by Crippen LogP contribution is 2.24. The van der Waals surface area contributed by atoms with Crippen molar-refractivity contribution in [2.45, 2.75) is 13.8 Å². The molecule has 62 valence electrons. The van der Waals surface area contributed by atoms with Crippen LogP contribution in [0.25, 0.3) is 11.1 Å². The van der Waals surface area contributed by atoms with Crippen LogP contribution in [0, 0.1) is 13.8 Å². The lowest BCUT2D eigenvalue weighted by Crippen LogP contribution is -1.82. The van der Waals surface area contributed by atoms with Crippen LogP contribution in [0.15, 0.2) is 10.6 Å². The first-order chi connectivity index (χ1) is 5.68. The van der Waals surface area contributed by atoms with E-state index in [4.69, 9.17) is 16.1 Å². The molecular formula is C8H7ClN2O. The SMILES string of the molecule is Cc1cc(Cl)c2onc(C)c2n1. The van der Waals surface area contributed by atoms with Crippen LogP contribution in [0.3, 0.4) is 0 Å². The van der Waals surface area contributed by atoms with Crippen LogP contribution in [0.1, 0.15) is 11.4 Å². The van der Waals surface area contributed by atoms with Crippen molar-refractivity contribution in [1.29, 1.82) is 0 Å². The first-order valence-electron chi connectivity index (χ1n) is 3.57. The van der Waals surface area contributed by atoms with Gasteiger partial charge in [-0.25, -0.2) is 4.98 Å². The van der Waals surface area contributed by atoms with Crippen LogP contribution in [-0.2, 0) is 0 Å². The van der Waals surface area contributed by atoms with Crippen molar-refractivity contribution in [2.75, 3.05) is 0 Å². The molecule has 0 fully saturated rings. The van der Waals surface area contributed by atoms with Crippen LogP contribution in [-0.4, -0.2) is 10.1 Å². The minimum Gasteiger partial charge on any atom is -0.353 e. The fraction of sp³-hybridized carbons (Fsp3) is 0.250. The summed E-state index contributed by atoms with van der Waals surface area (Å²) in [6.07, 6.45) is 0. The van der Waals surface area contributed by atoms with Gasteiger partial charge < -0.3 is 4.52 Å². The summed E-state index contributed by atoms with van der Waals surface area (Å²) in [5.41, 5.74) is 2.97. The predicted octanol–water partition coefficient (Wildman–Crippen LogP) is 2.49. The summed E-state index contributed by atoms with van der Waals surface area (Å²) >= 11 is 5.90. The molecule has 2 aromatic heterocycles. The van der Waals surface area contributed by atoms with Crippen LogP contribution in [0.4, 0.5) is 0 Å². The zero-order chi connectivity index (χ0) is 8.72. The lowest BCUT2D eigenvalue weighted by atomic mass is 10.3. The molecule has 2 rings (SSSR count). The van der Waals surface area contributed by atoms with Gasteiger partial charge in [0.25, 0.3) is 0 Å². The molecule has 4 heteroatoms. The standard InChI is InChI=1S/C8H7ClN2O/c1-4-3-6(9)8-7(10-4)5(2)11-12-8/h3H,1-2H3. The van der Waals surface area contributed by atoms with Crippen molar-refractivity contribution in [1.82, 2.24) is 10.1 Å². The molecule has 0 bridgehead atoms. The predicted molar refractivity (Wildman–Crippen MR) is 46.3 cm³/mol. The van der Waals surface area contributed by atoms with Gasteiger partial charge in [-0.05, 0) is 19.9 Å². The van der Waals surface area contributed by atoms with Gasteiger partial charge in [0.2, 0.25) is 5.58 Å². The number of halogens is 1. The summed E-state index contributed by atoms with van der Waals surface area (Å²) in [5, 5.41) is 4.34. The Balaban J connectivity index is 2.92. The topological polar surface area (TPSA) is 38.9 Å². The van der Waals surface area contributed by atoms with Gasteiger partial charge in [0.15, 0.2) is 0 Å². The molecule has 0 amide bonds. The largest absolute Gasteiger partial charge is 0.353 e. The summed E-state index contributed by atoms with van der Waals surface area (Å²) in [6, 6.07) is 1.76. The Labute approximate surface area is 74.3 Å². The molecule has 0 unspecified atom stereocenters. The lowest BCUT2D eigenvalue weighted by molar-refractivity contribution is 0.450. The van der Waals surface area contributed by atoms with Crippen molar-refractivity contribution in [3.8, 4) is 0 Å². The summed E-state index contributed by atoms with van der Waals surface area (Å²) in [6.45, 7) is 3.73. The first-order valence-corrected chi connectivity index (χ1v) is 3.95. The van der Waals surface area contributed by atoms with Gasteiger partial charge in [0, 0.05) is 5.69 Å². The Morgan fingerprint density at radius 3 is 2.92 bits per heavy atom. The molecule has 0 saturated heterocycles. The van der Waals surface area contributed by atoms with E-state index < -0.39 is 0 Å². The zero-order valence-corrected chi connectivity index (χ0v) is 7.51. The summed E-state index contributed by atoms with van der Waals surface area (Å²) in [4.78, 5) is 4.26. The third-order valence-corrected chi connectivity index (χ3v) is 1.95. The minimum absolute atomic E-state index is 0.568. The van der Waals surface area contributed by atoms with Crippen molar-refractivity contribution in [3.05, 3.63) is 22.5 Å². The summed E-state index contributed by atoms with van der Waals surface area (Å²) in [5.74, 6) is 0. The number of hydrogen-bond acceptors (Lipinski definition) is 3. The summed E-state index contributed by atoms with van der Waals surface area (Å²) < 4.78 is 4.99. The maximum atomic E-state index is 5.90. The second kappa shape index (κ2) is 2.45. The highest BCUT2D eigenvalue weighted by molar-refractivity contribution is 6.34. The zero-order valence-electron chi connectivity index (χ0n) is 6.76. The van der Waals surface area contributed by atoms with Crippen LogP contribution >= 0.6 is 11.6 Å². The number of rotatable bonds is 0. The fourth-order valence-electron chi connectivity index (χ4n) is 1.11. The quantitative estimate of drug-likeness (QED) is 0.629. The second-order valence-electron chi connectivity index (χ2n) is 2.69. The minimum atomic E-state index is 0.568. The number of pyridine rings is 1. The third kappa shape index (κ3) is 0.975. The van der Waals surface area contributed by atoms with Gasteiger partial charge in [0.05, 0.1) is 5.02 Å². The molecule has 0 aliphatic carbocycles. The third-order valence-electron chi connectivity index (χ3n) is 1.67. The summed E-state index contributed by atoms with van der Waals surface area (Å²) in [7, 11) is 0. The average molecular weight is 183 g/mol. The Hall–Kier alpha value is -1.09. The van der Waals surface area contributed by atoms with Crippen molar-refractivity contribution in [3.63, 3.8) is 0 Å². The smallest absolute Gasteiger partial charge is 0.204 e. The Morgan fingerprint density at radius 1 is 1.42 bits per heavy atom. The molecule has 0 spiro atoms.